The SMILES string of the molecule is Cc1ccc(CC(N)C2CCCc3cccnc32)cc1C. The average Bonchev–Trinajstić information content (AvgIpc) is 2.50. The van der Waals surface area contributed by atoms with Gasteiger partial charge in [0.05, 0.1) is 0 Å². The molecule has 2 heteroatoms. The van der Waals surface area contributed by atoms with Crippen LogP contribution in [-0.4, -0.2) is 11.0 Å². The Morgan fingerprint density at radius 2 is 2.10 bits per heavy atom. The van der Waals surface area contributed by atoms with Crippen LogP contribution in [0.1, 0.15) is 46.7 Å². The zero-order chi connectivity index (χ0) is 14.8. The van der Waals surface area contributed by atoms with Crippen molar-refractivity contribution in [2.75, 3.05) is 0 Å². The van der Waals surface area contributed by atoms with Gasteiger partial charge >= 0.3 is 0 Å². The summed E-state index contributed by atoms with van der Waals surface area (Å²) in [5.74, 6) is 0.400. The van der Waals surface area contributed by atoms with Gasteiger partial charge in [-0.05, 0) is 67.9 Å². The van der Waals surface area contributed by atoms with E-state index < -0.39 is 0 Å². The molecule has 2 N–H and O–H groups in total. The minimum atomic E-state index is 0.154. The lowest BCUT2D eigenvalue weighted by Crippen LogP contribution is -2.33. The molecule has 2 unspecified atom stereocenters. The van der Waals surface area contributed by atoms with E-state index in [9.17, 15) is 0 Å². The van der Waals surface area contributed by atoms with E-state index in [4.69, 9.17) is 5.73 Å². The van der Waals surface area contributed by atoms with Crippen molar-refractivity contribution in [3.8, 4) is 0 Å². The lowest BCUT2D eigenvalue weighted by atomic mass is 9.80. The Hall–Kier alpha value is -1.67. The fourth-order valence-corrected chi connectivity index (χ4v) is 3.41. The van der Waals surface area contributed by atoms with Crippen LogP contribution >= 0.6 is 0 Å². The van der Waals surface area contributed by atoms with E-state index in [1.165, 1.54) is 34.4 Å². The summed E-state index contributed by atoms with van der Waals surface area (Å²) in [5.41, 5.74) is 13.2. The van der Waals surface area contributed by atoms with Gasteiger partial charge in [0.25, 0.3) is 0 Å². The van der Waals surface area contributed by atoms with Crippen LogP contribution in [0.3, 0.4) is 0 Å². The molecule has 1 aliphatic carbocycles. The average molecular weight is 280 g/mol. The van der Waals surface area contributed by atoms with Gasteiger partial charge in [-0.15, -0.1) is 0 Å². The highest BCUT2D eigenvalue weighted by atomic mass is 14.7. The van der Waals surface area contributed by atoms with E-state index in [0.717, 1.165) is 19.3 Å². The molecule has 0 amide bonds. The van der Waals surface area contributed by atoms with Crippen LogP contribution in [0.25, 0.3) is 0 Å². The molecule has 0 radical (unpaired) electrons. The number of nitrogens with two attached hydrogens (primary N) is 1. The third-order valence-electron chi connectivity index (χ3n) is 4.80. The van der Waals surface area contributed by atoms with Crippen molar-refractivity contribution in [1.29, 1.82) is 0 Å². The Labute approximate surface area is 127 Å². The van der Waals surface area contributed by atoms with E-state index in [0.29, 0.717) is 5.92 Å². The number of pyridine rings is 1. The zero-order valence-electron chi connectivity index (χ0n) is 13.0. The maximum absolute atomic E-state index is 6.54. The first-order chi connectivity index (χ1) is 10.1. The summed E-state index contributed by atoms with van der Waals surface area (Å²) in [5, 5.41) is 0. The molecular weight excluding hydrogens is 256 g/mol. The lowest BCUT2D eigenvalue weighted by molar-refractivity contribution is 0.449. The van der Waals surface area contributed by atoms with Crippen LogP contribution in [0.5, 0.6) is 0 Å². The third-order valence-corrected chi connectivity index (χ3v) is 4.80. The van der Waals surface area contributed by atoms with Gasteiger partial charge in [-0.3, -0.25) is 4.98 Å². The molecule has 1 aliphatic rings. The highest BCUT2D eigenvalue weighted by Crippen LogP contribution is 2.32. The predicted octanol–water partition coefficient (Wildman–Crippen LogP) is 3.69. The van der Waals surface area contributed by atoms with E-state index in [-0.39, 0.29) is 6.04 Å². The summed E-state index contributed by atoms with van der Waals surface area (Å²) >= 11 is 0. The maximum Gasteiger partial charge on any atom is 0.0482 e. The van der Waals surface area contributed by atoms with Gasteiger partial charge < -0.3 is 5.73 Å². The summed E-state index contributed by atoms with van der Waals surface area (Å²) in [7, 11) is 0. The Bertz CT molecular complexity index is 633. The van der Waals surface area contributed by atoms with Gasteiger partial charge in [-0.1, -0.05) is 24.3 Å². The van der Waals surface area contributed by atoms with E-state index in [2.05, 4.69) is 43.1 Å². The number of benzene rings is 1. The first-order valence-corrected chi connectivity index (χ1v) is 7.90. The molecule has 1 heterocycles. The van der Waals surface area contributed by atoms with Crippen molar-refractivity contribution in [1.82, 2.24) is 4.98 Å². The van der Waals surface area contributed by atoms with E-state index in [1.807, 2.05) is 12.3 Å². The maximum atomic E-state index is 6.54. The predicted molar refractivity (Wildman–Crippen MR) is 87.5 cm³/mol. The van der Waals surface area contributed by atoms with Gasteiger partial charge in [0.15, 0.2) is 0 Å². The summed E-state index contributed by atoms with van der Waals surface area (Å²) in [4.78, 5) is 4.62. The second-order valence-electron chi connectivity index (χ2n) is 6.33. The number of aryl methyl sites for hydroxylation is 3. The summed E-state index contributed by atoms with van der Waals surface area (Å²) in [6.07, 6.45) is 6.37. The number of rotatable bonds is 3. The van der Waals surface area contributed by atoms with Crippen molar-refractivity contribution in [3.63, 3.8) is 0 Å². The molecule has 0 aliphatic heterocycles. The van der Waals surface area contributed by atoms with Crippen LogP contribution in [0.2, 0.25) is 0 Å². The molecule has 2 aromatic rings. The molecule has 2 nitrogen and oxygen atoms in total. The van der Waals surface area contributed by atoms with E-state index >= 15 is 0 Å². The summed E-state index contributed by atoms with van der Waals surface area (Å²) in [6, 6.07) is 11.1. The monoisotopic (exact) mass is 280 g/mol. The molecule has 0 spiro atoms. The second kappa shape index (κ2) is 5.98. The van der Waals surface area contributed by atoms with Crippen LogP contribution in [-0.2, 0) is 12.8 Å². The molecule has 0 saturated heterocycles. The van der Waals surface area contributed by atoms with Crippen molar-refractivity contribution in [3.05, 3.63) is 64.5 Å². The Morgan fingerprint density at radius 3 is 2.90 bits per heavy atom. The molecule has 1 aromatic carbocycles. The summed E-state index contributed by atoms with van der Waals surface area (Å²) in [6.45, 7) is 4.32. The Balaban J connectivity index is 1.80. The molecule has 3 rings (SSSR count). The van der Waals surface area contributed by atoms with Gasteiger partial charge in [-0.25, -0.2) is 0 Å². The molecule has 1 aromatic heterocycles. The Kier molecular flexibility index (Phi) is 4.07. The van der Waals surface area contributed by atoms with Gasteiger partial charge in [0.2, 0.25) is 0 Å². The van der Waals surface area contributed by atoms with Crippen LogP contribution in [0.4, 0.5) is 0 Å². The zero-order valence-corrected chi connectivity index (χ0v) is 13.0. The Morgan fingerprint density at radius 1 is 1.24 bits per heavy atom. The van der Waals surface area contributed by atoms with Crippen LogP contribution < -0.4 is 5.73 Å². The normalized spacial score (nSPS) is 19.1. The lowest BCUT2D eigenvalue weighted by Gasteiger charge is -2.29. The molecule has 21 heavy (non-hydrogen) atoms. The van der Waals surface area contributed by atoms with Gasteiger partial charge in [0.1, 0.15) is 0 Å². The molecule has 0 fully saturated rings. The number of fused-ring (bicyclic) bond motifs is 1. The first-order valence-electron chi connectivity index (χ1n) is 7.90. The minimum absolute atomic E-state index is 0.154. The highest BCUT2D eigenvalue weighted by molar-refractivity contribution is 5.32. The standard InChI is InChI=1S/C19H24N2/c1-13-8-9-15(11-14(13)2)12-18(20)17-7-3-5-16-6-4-10-21-19(16)17/h4,6,8-11,17-18H,3,5,7,12,20H2,1-2H3. The molecule has 2 atom stereocenters. The largest absolute Gasteiger partial charge is 0.327 e. The fraction of sp³-hybridized carbons (Fsp3) is 0.421. The third kappa shape index (κ3) is 3.01. The van der Waals surface area contributed by atoms with Crippen molar-refractivity contribution in [2.45, 2.75) is 51.5 Å². The minimum Gasteiger partial charge on any atom is -0.327 e. The highest BCUT2D eigenvalue weighted by Gasteiger charge is 2.26. The fourth-order valence-electron chi connectivity index (χ4n) is 3.41. The van der Waals surface area contributed by atoms with Crippen LogP contribution in [0, 0.1) is 13.8 Å². The van der Waals surface area contributed by atoms with Crippen molar-refractivity contribution in [2.24, 2.45) is 5.73 Å². The first kappa shape index (κ1) is 14.3. The van der Waals surface area contributed by atoms with Gasteiger partial charge in [-0.2, -0.15) is 0 Å². The topological polar surface area (TPSA) is 38.9 Å². The number of hydrogen-bond acceptors (Lipinski definition) is 2. The van der Waals surface area contributed by atoms with Crippen LogP contribution in [0.15, 0.2) is 36.5 Å². The quantitative estimate of drug-likeness (QED) is 0.931. The smallest absolute Gasteiger partial charge is 0.0482 e. The molecular formula is C19H24N2. The number of nitrogens with zero attached hydrogens (tertiary/aromatic N) is 1. The van der Waals surface area contributed by atoms with Gasteiger partial charge in [0, 0.05) is 23.9 Å². The van der Waals surface area contributed by atoms with E-state index in [1.54, 1.807) is 0 Å². The molecule has 110 valence electrons. The molecule has 0 bridgehead atoms. The number of hydrogen-bond donors (Lipinski definition) is 1. The molecule has 0 saturated carbocycles. The van der Waals surface area contributed by atoms with Crippen molar-refractivity contribution < 1.29 is 0 Å². The second-order valence-corrected chi connectivity index (χ2v) is 6.33. The van der Waals surface area contributed by atoms with Crippen molar-refractivity contribution >= 4 is 0 Å². The number of aromatic nitrogens is 1. The summed E-state index contributed by atoms with van der Waals surface area (Å²) < 4.78 is 0.